The van der Waals surface area contributed by atoms with Crippen molar-refractivity contribution in [1.29, 1.82) is 0 Å². The molecule has 0 spiro atoms. The van der Waals surface area contributed by atoms with Crippen molar-refractivity contribution in [3.8, 4) is 0 Å². The van der Waals surface area contributed by atoms with Gasteiger partial charge in [0.05, 0.1) is 13.2 Å². The lowest BCUT2D eigenvalue weighted by molar-refractivity contribution is -0.00974. The predicted molar refractivity (Wildman–Crippen MR) is 68.8 cm³/mol. The van der Waals surface area contributed by atoms with Gasteiger partial charge in [-0.3, -0.25) is 4.90 Å². The van der Waals surface area contributed by atoms with Gasteiger partial charge >= 0.3 is 0 Å². The zero-order chi connectivity index (χ0) is 12.0. The van der Waals surface area contributed by atoms with E-state index in [1.54, 1.807) is 0 Å². The van der Waals surface area contributed by atoms with E-state index in [1.807, 2.05) is 0 Å². The average Bonchev–Trinajstić information content (AvgIpc) is 2.30. The van der Waals surface area contributed by atoms with Crippen LogP contribution < -0.4 is 5.32 Å². The van der Waals surface area contributed by atoms with Gasteiger partial charge in [0.1, 0.15) is 0 Å². The molecule has 0 aliphatic carbocycles. The molecule has 0 aromatic rings. The fourth-order valence-corrected chi connectivity index (χ4v) is 2.05. The summed E-state index contributed by atoms with van der Waals surface area (Å²) in [6, 6.07) is 0. The highest BCUT2D eigenvalue weighted by atomic mass is 16.5. The van der Waals surface area contributed by atoms with E-state index in [1.165, 1.54) is 6.42 Å². The fraction of sp³-hybridized carbons (Fsp3) is 1.00. The van der Waals surface area contributed by atoms with Gasteiger partial charge in [0.2, 0.25) is 0 Å². The number of rotatable bonds is 6. The van der Waals surface area contributed by atoms with Gasteiger partial charge in [0.25, 0.3) is 0 Å². The summed E-state index contributed by atoms with van der Waals surface area (Å²) in [5.74, 6) is 0.778. The molecule has 0 bridgehead atoms. The molecule has 3 nitrogen and oxygen atoms in total. The Morgan fingerprint density at radius 1 is 1.31 bits per heavy atom. The Morgan fingerprint density at radius 2 is 1.94 bits per heavy atom. The zero-order valence-corrected chi connectivity index (χ0v) is 11.4. The quantitative estimate of drug-likeness (QED) is 0.749. The molecule has 96 valence electrons. The maximum Gasteiger partial charge on any atom is 0.0594 e. The molecule has 3 heteroatoms. The number of nitrogens with zero attached hydrogens (tertiary/aromatic N) is 1. The van der Waals surface area contributed by atoms with Crippen molar-refractivity contribution in [3.63, 3.8) is 0 Å². The molecule has 0 aromatic carbocycles. The number of hydrogen-bond donors (Lipinski definition) is 1. The Balaban J connectivity index is 2.26. The normalized spacial score (nSPS) is 21.0. The lowest BCUT2D eigenvalue weighted by Crippen LogP contribution is -2.55. The molecule has 1 atom stereocenters. The van der Waals surface area contributed by atoms with E-state index in [9.17, 15) is 0 Å². The highest BCUT2D eigenvalue weighted by Gasteiger charge is 2.27. The molecular formula is C13H28N2O. The molecule has 0 amide bonds. The summed E-state index contributed by atoms with van der Waals surface area (Å²) in [5, 5.41) is 3.59. The first-order valence-corrected chi connectivity index (χ1v) is 6.60. The van der Waals surface area contributed by atoms with Crippen LogP contribution in [0.3, 0.4) is 0 Å². The Hall–Kier alpha value is -0.120. The monoisotopic (exact) mass is 228 g/mol. The zero-order valence-electron chi connectivity index (χ0n) is 11.4. The van der Waals surface area contributed by atoms with E-state index in [2.05, 4.69) is 37.9 Å². The fourth-order valence-electron chi connectivity index (χ4n) is 2.05. The summed E-state index contributed by atoms with van der Waals surface area (Å²) < 4.78 is 5.39. The van der Waals surface area contributed by atoms with Gasteiger partial charge in [0.15, 0.2) is 0 Å². The highest BCUT2D eigenvalue weighted by Crippen LogP contribution is 2.15. The van der Waals surface area contributed by atoms with E-state index in [0.717, 1.165) is 45.3 Å². The Bertz CT molecular complexity index is 188. The summed E-state index contributed by atoms with van der Waals surface area (Å²) in [7, 11) is 0. The lowest BCUT2D eigenvalue weighted by atomic mass is 10.0. The van der Waals surface area contributed by atoms with E-state index in [4.69, 9.17) is 4.74 Å². The molecule has 1 saturated heterocycles. The lowest BCUT2D eigenvalue weighted by Gasteiger charge is -2.41. The van der Waals surface area contributed by atoms with Crippen molar-refractivity contribution in [2.24, 2.45) is 5.92 Å². The summed E-state index contributed by atoms with van der Waals surface area (Å²) in [6.07, 6.45) is 1.25. The first kappa shape index (κ1) is 13.9. The number of morpholine rings is 1. The van der Waals surface area contributed by atoms with Crippen LogP contribution in [0.5, 0.6) is 0 Å². The van der Waals surface area contributed by atoms with Crippen LogP contribution in [0.15, 0.2) is 0 Å². The smallest absolute Gasteiger partial charge is 0.0594 e. The molecule has 16 heavy (non-hydrogen) atoms. The molecule has 0 aromatic heterocycles. The van der Waals surface area contributed by atoms with Gasteiger partial charge in [-0.05, 0) is 26.3 Å². The van der Waals surface area contributed by atoms with Crippen LogP contribution in [-0.2, 0) is 4.74 Å². The third-order valence-electron chi connectivity index (χ3n) is 3.61. The van der Waals surface area contributed by atoms with Crippen LogP contribution in [0.1, 0.15) is 34.1 Å². The third kappa shape index (κ3) is 4.40. The number of ether oxygens (including phenoxy) is 1. The van der Waals surface area contributed by atoms with Crippen molar-refractivity contribution in [2.75, 3.05) is 39.4 Å². The van der Waals surface area contributed by atoms with Crippen LogP contribution in [0.25, 0.3) is 0 Å². The van der Waals surface area contributed by atoms with Crippen molar-refractivity contribution >= 4 is 0 Å². The van der Waals surface area contributed by atoms with Crippen LogP contribution in [0, 0.1) is 5.92 Å². The minimum Gasteiger partial charge on any atom is -0.379 e. The Labute approximate surface area is 101 Å². The van der Waals surface area contributed by atoms with Gasteiger partial charge in [-0.1, -0.05) is 20.3 Å². The molecule has 1 aliphatic rings. The third-order valence-corrected chi connectivity index (χ3v) is 3.61. The molecule has 1 heterocycles. The maximum absolute atomic E-state index is 5.39. The molecule has 0 radical (unpaired) electrons. The molecule has 1 aliphatic heterocycles. The van der Waals surface area contributed by atoms with Crippen LogP contribution in [0.2, 0.25) is 0 Å². The number of nitrogens with one attached hydrogen (secondary N) is 1. The van der Waals surface area contributed by atoms with Gasteiger partial charge in [0, 0.05) is 25.2 Å². The summed E-state index contributed by atoms with van der Waals surface area (Å²) in [5.41, 5.74) is 0.247. The Morgan fingerprint density at radius 3 is 2.50 bits per heavy atom. The Kier molecular flexibility index (Phi) is 5.73. The number of hydrogen-bond acceptors (Lipinski definition) is 3. The van der Waals surface area contributed by atoms with Crippen molar-refractivity contribution in [3.05, 3.63) is 0 Å². The van der Waals surface area contributed by atoms with E-state index in [-0.39, 0.29) is 5.54 Å². The SMILES string of the molecule is CCC(C)CNCC(C)(C)N1CCOCC1. The van der Waals surface area contributed by atoms with Gasteiger partial charge in [-0.15, -0.1) is 0 Å². The molecule has 1 rings (SSSR count). The molecular weight excluding hydrogens is 200 g/mol. The van der Waals surface area contributed by atoms with E-state index >= 15 is 0 Å². The average molecular weight is 228 g/mol. The van der Waals surface area contributed by atoms with Crippen molar-refractivity contribution in [2.45, 2.75) is 39.7 Å². The topological polar surface area (TPSA) is 24.5 Å². The van der Waals surface area contributed by atoms with E-state index < -0.39 is 0 Å². The maximum atomic E-state index is 5.39. The summed E-state index contributed by atoms with van der Waals surface area (Å²) in [4.78, 5) is 2.53. The van der Waals surface area contributed by atoms with Crippen LogP contribution in [0.4, 0.5) is 0 Å². The van der Waals surface area contributed by atoms with E-state index in [0.29, 0.717) is 0 Å². The van der Waals surface area contributed by atoms with Crippen LogP contribution in [-0.4, -0.2) is 49.8 Å². The van der Waals surface area contributed by atoms with Crippen molar-refractivity contribution < 1.29 is 4.74 Å². The summed E-state index contributed by atoms with van der Waals surface area (Å²) in [6.45, 7) is 15.3. The minimum absolute atomic E-state index is 0.247. The molecule has 1 N–H and O–H groups in total. The first-order valence-electron chi connectivity index (χ1n) is 6.60. The summed E-state index contributed by atoms with van der Waals surface area (Å²) >= 11 is 0. The van der Waals surface area contributed by atoms with Crippen molar-refractivity contribution in [1.82, 2.24) is 10.2 Å². The molecule has 1 fully saturated rings. The predicted octanol–water partition coefficient (Wildman–Crippen LogP) is 1.73. The minimum atomic E-state index is 0.247. The molecule has 0 saturated carbocycles. The second kappa shape index (κ2) is 6.58. The van der Waals surface area contributed by atoms with Gasteiger partial charge < -0.3 is 10.1 Å². The highest BCUT2D eigenvalue weighted by molar-refractivity contribution is 4.85. The molecule has 1 unspecified atom stereocenters. The van der Waals surface area contributed by atoms with Gasteiger partial charge in [-0.25, -0.2) is 0 Å². The second-order valence-electron chi connectivity index (χ2n) is 5.56. The largest absolute Gasteiger partial charge is 0.379 e. The van der Waals surface area contributed by atoms with Gasteiger partial charge in [-0.2, -0.15) is 0 Å². The second-order valence-corrected chi connectivity index (χ2v) is 5.56. The standard InChI is InChI=1S/C13H28N2O/c1-5-12(2)10-14-11-13(3,4)15-6-8-16-9-7-15/h12,14H,5-11H2,1-4H3. The van der Waals surface area contributed by atoms with Crippen LogP contribution >= 0.6 is 0 Å². The first-order chi connectivity index (χ1) is 7.56.